The molecule has 2 amide bonds. The molecule has 0 bridgehead atoms. The molecule has 0 aliphatic carbocycles. The molecule has 0 aromatic heterocycles. The van der Waals surface area contributed by atoms with Crippen molar-refractivity contribution >= 4 is 12.0 Å². The highest BCUT2D eigenvalue weighted by Gasteiger charge is 2.49. The Morgan fingerprint density at radius 1 is 1.42 bits per heavy atom. The predicted octanol–water partition coefficient (Wildman–Crippen LogP) is 2.18. The molecule has 0 saturated carbocycles. The van der Waals surface area contributed by atoms with E-state index in [0.717, 1.165) is 4.90 Å². The maximum Gasteiger partial charge on any atom is 0.417 e. The number of ether oxygens (including phenoxy) is 1. The van der Waals surface area contributed by atoms with Gasteiger partial charge in [-0.3, -0.25) is 4.79 Å². The second-order valence-electron chi connectivity index (χ2n) is 6.66. The van der Waals surface area contributed by atoms with Crippen LogP contribution in [0.5, 0.6) is 0 Å². The summed E-state index contributed by atoms with van der Waals surface area (Å²) in [4.78, 5) is 25.3. The van der Waals surface area contributed by atoms with E-state index in [1.807, 2.05) is 13.8 Å². The molecule has 1 rings (SSSR count). The lowest BCUT2D eigenvalue weighted by Crippen LogP contribution is -2.44. The largest absolute Gasteiger partial charge is 0.443 e. The van der Waals surface area contributed by atoms with Gasteiger partial charge in [-0.15, -0.1) is 0 Å². The Balaban J connectivity index is 2.93. The van der Waals surface area contributed by atoms with Crippen LogP contribution in [0.25, 0.3) is 0 Å². The summed E-state index contributed by atoms with van der Waals surface area (Å²) in [6.07, 6.45) is -0.898. The number of carbonyl (C=O) groups excluding carboxylic acids is 2. The van der Waals surface area contributed by atoms with Crippen molar-refractivity contribution in [3.63, 3.8) is 0 Å². The van der Waals surface area contributed by atoms with Gasteiger partial charge >= 0.3 is 6.09 Å². The number of aliphatic hydroxyl groups is 1. The van der Waals surface area contributed by atoms with Crippen molar-refractivity contribution in [2.75, 3.05) is 0 Å². The standard InChI is InChI=1S/C14H25NO4/c1-8(2)7-10-11(16)9(3)12(17)15(10)13(18)19-14(4,5)6/h8-11,16H,7H2,1-6H3/t9-,10+,11+/m1/s1. The van der Waals surface area contributed by atoms with E-state index in [0.29, 0.717) is 6.42 Å². The molecule has 1 saturated heterocycles. The summed E-state index contributed by atoms with van der Waals surface area (Å²) in [6.45, 7) is 10.9. The Hall–Kier alpha value is -1.10. The number of amides is 2. The van der Waals surface area contributed by atoms with E-state index in [4.69, 9.17) is 4.74 Å². The number of nitrogens with zero attached hydrogens (tertiary/aromatic N) is 1. The highest BCUT2D eigenvalue weighted by molar-refractivity contribution is 5.96. The van der Waals surface area contributed by atoms with Crippen molar-refractivity contribution in [1.82, 2.24) is 4.90 Å². The zero-order chi connectivity index (χ0) is 15.0. The van der Waals surface area contributed by atoms with Gasteiger partial charge in [0.1, 0.15) is 5.60 Å². The number of likely N-dealkylation sites (tertiary alicyclic amines) is 1. The minimum Gasteiger partial charge on any atom is -0.443 e. The number of imide groups is 1. The fourth-order valence-electron chi connectivity index (χ4n) is 2.28. The van der Waals surface area contributed by atoms with Crippen LogP contribution in [0.4, 0.5) is 4.79 Å². The first-order chi connectivity index (χ1) is 8.54. The van der Waals surface area contributed by atoms with Gasteiger partial charge in [0.2, 0.25) is 5.91 Å². The van der Waals surface area contributed by atoms with Crippen molar-refractivity contribution in [2.45, 2.75) is 65.7 Å². The molecule has 0 radical (unpaired) electrons. The third-order valence-electron chi connectivity index (χ3n) is 3.17. The number of carbonyl (C=O) groups is 2. The van der Waals surface area contributed by atoms with Crippen LogP contribution in [0.15, 0.2) is 0 Å². The normalized spacial score (nSPS) is 28.1. The molecule has 1 fully saturated rings. The van der Waals surface area contributed by atoms with Gasteiger partial charge in [0.15, 0.2) is 0 Å². The van der Waals surface area contributed by atoms with Crippen molar-refractivity contribution < 1.29 is 19.4 Å². The van der Waals surface area contributed by atoms with E-state index in [-0.39, 0.29) is 11.8 Å². The van der Waals surface area contributed by atoms with Crippen LogP contribution in [0.3, 0.4) is 0 Å². The molecule has 1 aliphatic heterocycles. The molecule has 0 unspecified atom stereocenters. The van der Waals surface area contributed by atoms with E-state index < -0.39 is 29.8 Å². The van der Waals surface area contributed by atoms with Gasteiger partial charge in [-0.25, -0.2) is 9.69 Å². The molecule has 3 atom stereocenters. The van der Waals surface area contributed by atoms with Gasteiger partial charge in [-0.05, 0) is 33.1 Å². The third kappa shape index (κ3) is 3.69. The molecule has 1 aliphatic rings. The first-order valence-electron chi connectivity index (χ1n) is 6.78. The monoisotopic (exact) mass is 271 g/mol. The number of rotatable bonds is 2. The van der Waals surface area contributed by atoms with Crippen LogP contribution in [0, 0.1) is 11.8 Å². The zero-order valence-electron chi connectivity index (χ0n) is 12.6. The van der Waals surface area contributed by atoms with Crippen LogP contribution in [-0.4, -0.2) is 39.8 Å². The molecular weight excluding hydrogens is 246 g/mol. The lowest BCUT2D eigenvalue weighted by atomic mass is 9.96. The number of hydrogen-bond acceptors (Lipinski definition) is 4. The molecule has 1 heterocycles. The molecule has 0 aromatic rings. The summed E-state index contributed by atoms with van der Waals surface area (Å²) >= 11 is 0. The summed E-state index contributed by atoms with van der Waals surface area (Å²) in [5.74, 6) is -0.633. The topological polar surface area (TPSA) is 66.8 Å². The fourth-order valence-corrected chi connectivity index (χ4v) is 2.28. The molecule has 5 heteroatoms. The maximum atomic E-state index is 12.1. The van der Waals surface area contributed by atoms with E-state index >= 15 is 0 Å². The molecule has 110 valence electrons. The van der Waals surface area contributed by atoms with Crippen molar-refractivity contribution in [1.29, 1.82) is 0 Å². The zero-order valence-corrected chi connectivity index (χ0v) is 12.6. The third-order valence-corrected chi connectivity index (χ3v) is 3.17. The van der Waals surface area contributed by atoms with E-state index in [2.05, 4.69) is 0 Å². The van der Waals surface area contributed by atoms with Crippen molar-refractivity contribution in [3.8, 4) is 0 Å². The first-order valence-corrected chi connectivity index (χ1v) is 6.78. The average Bonchev–Trinajstić information content (AvgIpc) is 2.40. The molecule has 5 nitrogen and oxygen atoms in total. The highest BCUT2D eigenvalue weighted by Crippen LogP contribution is 2.30. The minimum atomic E-state index is -0.817. The quantitative estimate of drug-likeness (QED) is 0.836. The van der Waals surface area contributed by atoms with Gasteiger partial charge < -0.3 is 9.84 Å². The van der Waals surface area contributed by atoms with E-state index in [1.165, 1.54) is 0 Å². The van der Waals surface area contributed by atoms with Crippen molar-refractivity contribution in [3.05, 3.63) is 0 Å². The van der Waals surface area contributed by atoms with Gasteiger partial charge in [0.25, 0.3) is 0 Å². The number of aliphatic hydroxyl groups excluding tert-OH is 1. The molecular formula is C14H25NO4. The van der Waals surface area contributed by atoms with E-state index in [1.54, 1.807) is 27.7 Å². The molecule has 0 spiro atoms. The Bertz CT molecular complexity index is 359. The SMILES string of the molecule is CC(C)C[C@H]1[C@@H](O)[C@@H](C)C(=O)N1C(=O)OC(C)(C)C. The van der Waals surface area contributed by atoms with Gasteiger partial charge in [0.05, 0.1) is 18.1 Å². The van der Waals surface area contributed by atoms with Crippen LogP contribution < -0.4 is 0 Å². The molecule has 0 aromatic carbocycles. The Labute approximate surface area is 114 Å². The van der Waals surface area contributed by atoms with Crippen LogP contribution >= 0.6 is 0 Å². The average molecular weight is 271 g/mol. The van der Waals surface area contributed by atoms with Gasteiger partial charge in [0, 0.05) is 0 Å². The Morgan fingerprint density at radius 2 is 1.95 bits per heavy atom. The Kier molecular flexibility index (Phi) is 4.61. The Morgan fingerprint density at radius 3 is 2.37 bits per heavy atom. The summed E-state index contributed by atoms with van der Waals surface area (Å²) in [5, 5.41) is 10.1. The smallest absolute Gasteiger partial charge is 0.417 e. The summed E-state index contributed by atoms with van der Waals surface area (Å²) in [7, 11) is 0. The van der Waals surface area contributed by atoms with E-state index in [9.17, 15) is 14.7 Å². The van der Waals surface area contributed by atoms with Crippen LogP contribution in [0.2, 0.25) is 0 Å². The molecule has 1 N–H and O–H groups in total. The van der Waals surface area contributed by atoms with Crippen LogP contribution in [0.1, 0.15) is 48.0 Å². The predicted molar refractivity (Wildman–Crippen MR) is 71.5 cm³/mol. The summed E-state index contributed by atoms with van der Waals surface area (Å²) in [6, 6.07) is -0.489. The van der Waals surface area contributed by atoms with Gasteiger partial charge in [-0.1, -0.05) is 20.8 Å². The fraction of sp³-hybridized carbons (Fsp3) is 0.857. The van der Waals surface area contributed by atoms with Gasteiger partial charge in [-0.2, -0.15) is 0 Å². The second kappa shape index (κ2) is 5.49. The highest BCUT2D eigenvalue weighted by atomic mass is 16.6. The summed E-state index contributed by atoms with van der Waals surface area (Å²) < 4.78 is 5.26. The minimum absolute atomic E-state index is 0.280. The lowest BCUT2D eigenvalue weighted by molar-refractivity contribution is -0.131. The molecule has 19 heavy (non-hydrogen) atoms. The summed E-state index contributed by atoms with van der Waals surface area (Å²) in [5.41, 5.74) is -0.656. The lowest BCUT2D eigenvalue weighted by Gasteiger charge is -2.28. The number of hydrogen-bond donors (Lipinski definition) is 1. The maximum absolute atomic E-state index is 12.1. The van der Waals surface area contributed by atoms with Crippen molar-refractivity contribution in [2.24, 2.45) is 11.8 Å². The second-order valence-corrected chi connectivity index (χ2v) is 6.66. The van der Waals surface area contributed by atoms with Crippen LogP contribution in [-0.2, 0) is 9.53 Å². The first kappa shape index (κ1) is 16.0.